The molecule has 0 amide bonds. The van der Waals surface area contributed by atoms with E-state index in [2.05, 4.69) is 0 Å². The van der Waals surface area contributed by atoms with Crippen molar-refractivity contribution in [1.82, 2.24) is 0 Å². The molecule has 1 aliphatic heterocycles. The van der Waals surface area contributed by atoms with Crippen LogP contribution in [0.2, 0.25) is 0 Å². The van der Waals surface area contributed by atoms with Gasteiger partial charge in [-0.25, -0.2) is 0 Å². The van der Waals surface area contributed by atoms with Crippen LogP contribution >= 0.6 is 0 Å². The topological polar surface area (TPSA) is 52.6 Å². The molecule has 0 N–H and O–H groups in total. The van der Waals surface area contributed by atoms with E-state index in [4.69, 9.17) is 9.47 Å². The Hall–Kier alpha value is -0.900. The van der Waals surface area contributed by atoms with Gasteiger partial charge in [-0.1, -0.05) is 34.6 Å². The van der Waals surface area contributed by atoms with Crippen molar-refractivity contribution in [2.45, 2.75) is 85.5 Å². The van der Waals surface area contributed by atoms with Gasteiger partial charge in [0.15, 0.2) is 0 Å². The predicted octanol–water partition coefficient (Wildman–Crippen LogP) is 3.52. The lowest BCUT2D eigenvalue weighted by atomic mass is 9.89. The molecule has 0 spiro atoms. The molecule has 4 nitrogen and oxygen atoms in total. The number of rotatable bonds is 6. The molecule has 0 radical (unpaired) electrons. The van der Waals surface area contributed by atoms with Crippen LogP contribution in [0.15, 0.2) is 0 Å². The lowest BCUT2D eigenvalue weighted by Crippen LogP contribution is -2.31. The predicted molar refractivity (Wildman–Crippen MR) is 82.0 cm³/mol. The summed E-state index contributed by atoms with van der Waals surface area (Å²) < 4.78 is 11.3. The number of Topliss-reactive ketones (excluding diaryl/α,β-unsaturated/α-hetero) is 1. The zero-order chi connectivity index (χ0) is 16.2. The number of ether oxygens (including phenoxy) is 2. The van der Waals surface area contributed by atoms with Crippen molar-refractivity contribution in [2.75, 3.05) is 0 Å². The summed E-state index contributed by atoms with van der Waals surface area (Å²) in [6.07, 6.45) is 1.66. The summed E-state index contributed by atoms with van der Waals surface area (Å²) in [5.41, 5.74) is -0.0302. The molecular formula is C17H30O4. The van der Waals surface area contributed by atoms with Crippen molar-refractivity contribution in [3.05, 3.63) is 0 Å². The maximum absolute atomic E-state index is 12.0. The Balaban J connectivity index is 2.41. The maximum Gasteiger partial charge on any atom is 0.306 e. The molecule has 4 atom stereocenters. The van der Waals surface area contributed by atoms with E-state index >= 15 is 0 Å². The first-order valence-corrected chi connectivity index (χ1v) is 8.00. The lowest BCUT2D eigenvalue weighted by Gasteiger charge is -2.21. The molecule has 122 valence electrons. The van der Waals surface area contributed by atoms with Crippen molar-refractivity contribution in [3.63, 3.8) is 0 Å². The van der Waals surface area contributed by atoms with E-state index in [1.54, 1.807) is 0 Å². The van der Waals surface area contributed by atoms with E-state index in [1.165, 1.54) is 0 Å². The van der Waals surface area contributed by atoms with Gasteiger partial charge in [-0.3, -0.25) is 9.59 Å². The maximum atomic E-state index is 12.0. The molecule has 0 aromatic heterocycles. The summed E-state index contributed by atoms with van der Waals surface area (Å²) in [7, 11) is 0. The fourth-order valence-electron chi connectivity index (χ4n) is 2.73. The van der Waals surface area contributed by atoms with Gasteiger partial charge in [0.25, 0.3) is 0 Å². The van der Waals surface area contributed by atoms with Crippen LogP contribution in [0.5, 0.6) is 0 Å². The standard InChI is InChI=1S/C17H30O4/c1-7-14-16(11(2)12(3)20-14)21-15(19)9-8-13(18)10-17(4,5)6/h11-12,14,16H,7-10H2,1-6H3. The highest BCUT2D eigenvalue weighted by Crippen LogP contribution is 2.31. The van der Waals surface area contributed by atoms with Crippen LogP contribution < -0.4 is 0 Å². The van der Waals surface area contributed by atoms with Crippen LogP contribution in [-0.2, 0) is 19.1 Å². The summed E-state index contributed by atoms with van der Waals surface area (Å²) in [4.78, 5) is 23.8. The van der Waals surface area contributed by atoms with Crippen LogP contribution in [-0.4, -0.2) is 30.1 Å². The Kier molecular flexibility index (Phi) is 6.39. The van der Waals surface area contributed by atoms with Crippen LogP contribution in [0.25, 0.3) is 0 Å². The van der Waals surface area contributed by atoms with Gasteiger partial charge in [-0.15, -0.1) is 0 Å². The van der Waals surface area contributed by atoms with Crippen LogP contribution in [0.4, 0.5) is 0 Å². The summed E-state index contributed by atoms with van der Waals surface area (Å²) >= 11 is 0. The Morgan fingerprint density at radius 2 is 1.76 bits per heavy atom. The average molecular weight is 298 g/mol. The van der Waals surface area contributed by atoms with Crippen LogP contribution in [0, 0.1) is 11.3 Å². The molecule has 0 bridgehead atoms. The second kappa shape index (κ2) is 7.39. The number of carbonyl (C=O) groups excluding carboxylic acids is 2. The van der Waals surface area contributed by atoms with Gasteiger partial charge < -0.3 is 9.47 Å². The van der Waals surface area contributed by atoms with Crippen LogP contribution in [0.1, 0.15) is 67.2 Å². The molecule has 0 aliphatic carbocycles. The van der Waals surface area contributed by atoms with E-state index in [-0.39, 0.29) is 54.2 Å². The Morgan fingerprint density at radius 3 is 2.29 bits per heavy atom. The molecule has 4 unspecified atom stereocenters. The van der Waals surface area contributed by atoms with Gasteiger partial charge in [-0.2, -0.15) is 0 Å². The highest BCUT2D eigenvalue weighted by molar-refractivity contribution is 5.83. The summed E-state index contributed by atoms with van der Waals surface area (Å²) in [6, 6.07) is 0. The SMILES string of the molecule is CCC1OC(C)C(C)C1OC(=O)CCC(=O)CC(C)(C)C. The molecule has 1 rings (SSSR count). The second-order valence-electron chi connectivity index (χ2n) is 7.38. The Morgan fingerprint density at radius 1 is 1.14 bits per heavy atom. The van der Waals surface area contributed by atoms with E-state index in [9.17, 15) is 9.59 Å². The van der Waals surface area contributed by atoms with E-state index < -0.39 is 0 Å². The number of carbonyl (C=O) groups is 2. The highest BCUT2D eigenvalue weighted by Gasteiger charge is 2.41. The molecular weight excluding hydrogens is 268 g/mol. The number of hydrogen-bond donors (Lipinski definition) is 0. The van der Waals surface area contributed by atoms with Crippen molar-refractivity contribution < 1.29 is 19.1 Å². The van der Waals surface area contributed by atoms with Gasteiger partial charge in [0.1, 0.15) is 11.9 Å². The van der Waals surface area contributed by atoms with Crippen LogP contribution in [0.3, 0.4) is 0 Å². The van der Waals surface area contributed by atoms with E-state index in [0.717, 1.165) is 6.42 Å². The fourth-order valence-corrected chi connectivity index (χ4v) is 2.73. The highest BCUT2D eigenvalue weighted by atomic mass is 16.6. The van der Waals surface area contributed by atoms with Crippen molar-refractivity contribution in [3.8, 4) is 0 Å². The zero-order valence-electron chi connectivity index (χ0n) is 14.3. The van der Waals surface area contributed by atoms with Gasteiger partial charge in [0.2, 0.25) is 0 Å². The molecule has 0 aromatic carbocycles. The smallest absolute Gasteiger partial charge is 0.306 e. The third kappa shape index (κ3) is 5.77. The fraction of sp³-hybridized carbons (Fsp3) is 0.882. The molecule has 1 saturated heterocycles. The monoisotopic (exact) mass is 298 g/mol. The first-order valence-electron chi connectivity index (χ1n) is 8.00. The molecule has 1 fully saturated rings. The number of hydrogen-bond acceptors (Lipinski definition) is 4. The van der Waals surface area contributed by atoms with Gasteiger partial charge >= 0.3 is 5.97 Å². The minimum Gasteiger partial charge on any atom is -0.459 e. The van der Waals surface area contributed by atoms with Gasteiger partial charge in [0.05, 0.1) is 18.6 Å². The first kappa shape index (κ1) is 18.1. The minimum absolute atomic E-state index is 0.0239. The normalized spacial score (nSPS) is 29.4. The third-order valence-corrected chi connectivity index (χ3v) is 4.02. The first-order chi connectivity index (χ1) is 9.64. The second-order valence-corrected chi connectivity index (χ2v) is 7.38. The summed E-state index contributed by atoms with van der Waals surface area (Å²) in [6.45, 7) is 12.1. The Bertz CT molecular complexity index is 369. The van der Waals surface area contributed by atoms with Gasteiger partial charge in [-0.05, 0) is 18.8 Å². The summed E-state index contributed by atoms with van der Waals surface area (Å²) in [5, 5.41) is 0. The Labute approximate surface area is 128 Å². The zero-order valence-corrected chi connectivity index (χ0v) is 14.3. The molecule has 0 aromatic rings. The molecule has 1 aliphatic rings. The van der Waals surface area contributed by atoms with E-state index in [0.29, 0.717) is 6.42 Å². The molecule has 1 heterocycles. The van der Waals surface area contributed by atoms with E-state index in [1.807, 2.05) is 41.5 Å². The van der Waals surface area contributed by atoms with Gasteiger partial charge in [0, 0.05) is 18.8 Å². The number of esters is 1. The third-order valence-electron chi connectivity index (χ3n) is 4.02. The number of ketones is 1. The molecule has 4 heteroatoms. The average Bonchev–Trinajstić information content (AvgIpc) is 2.62. The van der Waals surface area contributed by atoms with Crippen molar-refractivity contribution in [2.24, 2.45) is 11.3 Å². The van der Waals surface area contributed by atoms with Crippen molar-refractivity contribution >= 4 is 11.8 Å². The molecule has 0 saturated carbocycles. The largest absolute Gasteiger partial charge is 0.459 e. The van der Waals surface area contributed by atoms with Crippen molar-refractivity contribution in [1.29, 1.82) is 0 Å². The summed E-state index contributed by atoms with van der Waals surface area (Å²) in [5.74, 6) is 0.0324. The quantitative estimate of drug-likeness (QED) is 0.704. The minimum atomic E-state index is -0.287. The molecule has 21 heavy (non-hydrogen) atoms. The lowest BCUT2D eigenvalue weighted by molar-refractivity contribution is -0.154.